The number of halogens is 1. The van der Waals surface area contributed by atoms with Crippen LogP contribution in [0.5, 0.6) is 0 Å². The summed E-state index contributed by atoms with van der Waals surface area (Å²) < 4.78 is 15.4. The number of aromatic nitrogens is 2. The topological polar surface area (TPSA) is 78.0 Å². The Labute approximate surface area is 168 Å². The quantitative estimate of drug-likeness (QED) is 0.269. The number of rotatable bonds is 5. The number of hydrogen-bond acceptors (Lipinski definition) is 6. The van der Waals surface area contributed by atoms with E-state index in [0.29, 0.717) is 33.5 Å². The molecule has 2 heterocycles. The van der Waals surface area contributed by atoms with E-state index in [2.05, 4.69) is 4.98 Å². The first-order valence-electron chi connectivity index (χ1n) is 8.44. The summed E-state index contributed by atoms with van der Waals surface area (Å²) in [4.78, 5) is 28.7. The molecule has 1 aromatic heterocycles. The fourth-order valence-corrected chi connectivity index (χ4v) is 4.94. The van der Waals surface area contributed by atoms with Gasteiger partial charge in [-0.25, -0.2) is 9.37 Å². The van der Waals surface area contributed by atoms with Gasteiger partial charge in [0.25, 0.3) is 11.2 Å². The summed E-state index contributed by atoms with van der Waals surface area (Å²) in [5.41, 5.74) is 1.52. The third kappa shape index (κ3) is 3.55. The average molecular weight is 415 g/mol. The molecule has 3 aromatic rings. The van der Waals surface area contributed by atoms with Crippen LogP contribution < -0.4 is 5.56 Å². The van der Waals surface area contributed by atoms with E-state index in [4.69, 9.17) is 0 Å². The Morgan fingerprint density at radius 1 is 1.21 bits per heavy atom. The van der Waals surface area contributed by atoms with Crippen LogP contribution in [0.25, 0.3) is 5.69 Å². The summed E-state index contributed by atoms with van der Waals surface area (Å²) in [5.74, 6) is 0.799. The first kappa shape index (κ1) is 18.7. The second-order valence-electron chi connectivity index (χ2n) is 6.06. The minimum absolute atomic E-state index is 0.0548. The first-order valence-corrected chi connectivity index (χ1v) is 10.4. The van der Waals surface area contributed by atoms with E-state index < -0.39 is 4.92 Å². The molecule has 0 saturated carbocycles. The molecule has 28 heavy (non-hydrogen) atoms. The highest BCUT2D eigenvalue weighted by molar-refractivity contribution is 7.99. The van der Waals surface area contributed by atoms with Gasteiger partial charge < -0.3 is 0 Å². The lowest BCUT2D eigenvalue weighted by molar-refractivity contribution is -0.384. The van der Waals surface area contributed by atoms with Gasteiger partial charge in [-0.1, -0.05) is 30.0 Å². The molecule has 9 heteroatoms. The Morgan fingerprint density at radius 2 is 1.96 bits per heavy atom. The Balaban J connectivity index is 1.77. The number of nitrogens with zero attached hydrogens (tertiary/aromatic N) is 3. The van der Waals surface area contributed by atoms with Crippen LogP contribution in [0.3, 0.4) is 0 Å². The molecule has 0 N–H and O–H groups in total. The highest BCUT2D eigenvalue weighted by Gasteiger charge is 2.23. The van der Waals surface area contributed by atoms with Crippen LogP contribution in [0, 0.1) is 15.9 Å². The summed E-state index contributed by atoms with van der Waals surface area (Å²) in [6, 6.07) is 12.2. The fraction of sp³-hybridized carbons (Fsp3) is 0.158. The van der Waals surface area contributed by atoms with E-state index in [1.807, 2.05) is 0 Å². The molecule has 4 rings (SSSR count). The summed E-state index contributed by atoms with van der Waals surface area (Å²) in [7, 11) is 0. The molecule has 1 aliphatic rings. The minimum Gasteiger partial charge on any atom is -0.268 e. The van der Waals surface area contributed by atoms with Crippen molar-refractivity contribution in [2.24, 2.45) is 0 Å². The minimum atomic E-state index is -0.489. The predicted molar refractivity (Wildman–Crippen MR) is 107 cm³/mol. The monoisotopic (exact) mass is 415 g/mol. The zero-order chi connectivity index (χ0) is 19.7. The van der Waals surface area contributed by atoms with Crippen LogP contribution in [-0.4, -0.2) is 20.2 Å². The molecule has 2 aromatic carbocycles. The molecular weight excluding hydrogens is 401 g/mol. The van der Waals surface area contributed by atoms with Crippen molar-refractivity contribution in [3.05, 3.63) is 86.1 Å². The Kier molecular flexibility index (Phi) is 5.19. The maximum atomic E-state index is 14.0. The van der Waals surface area contributed by atoms with E-state index in [1.165, 1.54) is 58.4 Å². The molecule has 0 aliphatic carbocycles. The van der Waals surface area contributed by atoms with Gasteiger partial charge in [-0.3, -0.25) is 19.5 Å². The number of fused-ring (bicyclic) bond motifs is 1. The van der Waals surface area contributed by atoms with E-state index in [-0.39, 0.29) is 17.1 Å². The van der Waals surface area contributed by atoms with Crippen molar-refractivity contribution < 1.29 is 9.31 Å². The molecule has 0 radical (unpaired) electrons. The van der Waals surface area contributed by atoms with Crippen molar-refractivity contribution >= 4 is 29.2 Å². The van der Waals surface area contributed by atoms with Crippen molar-refractivity contribution in [3.63, 3.8) is 0 Å². The van der Waals surface area contributed by atoms with Gasteiger partial charge in [0.15, 0.2) is 5.16 Å². The molecule has 0 unspecified atom stereocenters. The number of aryl methyl sites for hydroxylation is 1. The third-order valence-corrected chi connectivity index (χ3v) is 6.39. The molecule has 0 amide bonds. The lowest BCUT2D eigenvalue weighted by atomic mass is 10.2. The van der Waals surface area contributed by atoms with Crippen LogP contribution >= 0.6 is 23.5 Å². The largest absolute Gasteiger partial charge is 0.272 e. The van der Waals surface area contributed by atoms with Gasteiger partial charge >= 0.3 is 0 Å². The van der Waals surface area contributed by atoms with Crippen molar-refractivity contribution in [1.82, 2.24) is 9.55 Å². The molecule has 0 fully saturated rings. The van der Waals surface area contributed by atoms with Crippen LogP contribution in [-0.2, 0) is 12.2 Å². The van der Waals surface area contributed by atoms with Gasteiger partial charge in [0, 0.05) is 30.1 Å². The van der Waals surface area contributed by atoms with Crippen molar-refractivity contribution in [3.8, 4) is 5.69 Å². The molecule has 6 nitrogen and oxygen atoms in total. The molecule has 0 saturated heterocycles. The van der Waals surface area contributed by atoms with Gasteiger partial charge in [0.05, 0.1) is 21.2 Å². The first-order chi connectivity index (χ1) is 13.5. The lowest BCUT2D eigenvalue weighted by Crippen LogP contribution is -2.23. The lowest BCUT2D eigenvalue weighted by Gasteiger charge is -2.14. The average Bonchev–Trinajstić information content (AvgIpc) is 3.16. The maximum Gasteiger partial charge on any atom is 0.272 e. The smallest absolute Gasteiger partial charge is 0.268 e. The summed E-state index contributed by atoms with van der Waals surface area (Å²) >= 11 is 2.73. The van der Waals surface area contributed by atoms with E-state index in [0.717, 1.165) is 11.4 Å². The van der Waals surface area contributed by atoms with Crippen LogP contribution in [0.2, 0.25) is 0 Å². The fourth-order valence-electron chi connectivity index (χ4n) is 2.90. The Hall–Kier alpha value is -2.65. The number of non-ortho nitro benzene ring substituents is 1. The highest BCUT2D eigenvalue weighted by atomic mass is 32.2. The van der Waals surface area contributed by atoms with Gasteiger partial charge in [-0.15, -0.1) is 11.8 Å². The van der Waals surface area contributed by atoms with Crippen LogP contribution in [0.4, 0.5) is 10.1 Å². The number of hydrogen-bond donors (Lipinski definition) is 0. The third-order valence-electron chi connectivity index (χ3n) is 4.30. The number of benzene rings is 2. The second-order valence-corrected chi connectivity index (χ2v) is 8.11. The maximum absolute atomic E-state index is 14.0. The van der Waals surface area contributed by atoms with Crippen LogP contribution in [0.15, 0.2) is 63.4 Å². The van der Waals surface area contributed by atoms with Crippen molar-refractivity contribution in [2.45, 2.75) is 22.2 Å². The predicted octanol–water partition coefficient (Wildman–Crippen LogP) is 4.22. The summed E-state index contributed by atoms with van der Waals surface area (Å²) in [5, 5.41) is 11.4. The summed E-state index contributed by atoms with van der Waals surface area (Å²) in [6.07, 6.45) is 0.712. The zero-order valence-electron chi connectivity index (χ0n) is 14.5. The van der Waals surface area contributed by atoms with Crippen molar-refractivity contribution in [1.29, 1.82) is 0 Å². The molecule has 1 aliphatic heterocycles. The van der Waals surface area contributed by atoms with Gasteiger partial charge in [0.1, 0.15) is 5.82 Å². The molecule has 0 atom stereocenters. The number of nitro benzene ring substituents is 1. The standard InChI is InChI=1S/C19H14FN3O3S2/c20-15-4-2-1-3-12(15)11-28-19-21-16-9-10-27-17(16)18(24)22(19)13-5-7-14(8-6-13)23(25)26/h1-8H,9-11H2. The van der Waals surface area contributed by atoms with Gasteiger partial charge in [-0.05, 0) is 23.8 Å². The van der Waals surface area contributed by atoms with E-state index >= 15 is 0 Å². The Morgan fingerprint density at radius 3 is 2.68 bits per heavy atom. The second kappa shape index (κ2) is 7.76. The molecular formula is C19H14FN3O3S2. The van der Waals surface area contributed by atoms with Crippen molar-refractivity contribution in [2.75, 3.05) is 5.75 Å². The zero-order valence-corrected chi connectivity index (χ0v) is 16.1. The van der Waals surface area contributed by atoms with E-state index in [1.54, 1.807) is 18.2 Å². The molecule has 0 spiro atoms. The SMILES string of the molecule is O=c1c2c(nc(SCc3ccccc3F)n1-c1ccc([N+](=O)[O-])cc1)CCS2. The number of nitro groups is 1. The molecule has 142 valence electrons. The summed E-state index contributed by atoms with van der Waals surface area (Å²) in [6.45, 7) is 0. The van der Waals surface area contributed by atoms with Crippen LogP contribution in [0.1, 0.15) is 11.3 Å². The Bertz CT molecular complexity index is 1120. The normalized spacial score (nSPS) is 12.8. The van der Waals surface area contributed by atoms with E-state index in [9.17, 15) is 19.3 Å². The highest BCUT2D eigenvalue weighted by Crippen LogP contribution is 2.31. The van der Waals surface area contributed by atoms with Gasteiger partial charge in [0.2, 0.25) is 0 Å². The molecule has 0 bridgehead atoms. The van der Waals surface area contributed by atoms with Gasteiger partial charge in [-0.2, -0.15) is 0 Å². The number of thioether (sulfide) groups is 2.